The third-order valence-electron chi connectivity index (χ3n) is 11.4. The van der Waals surface area contributed by atoms with Crippen LogP contribution in [0.4, 0.5) is 0 Å². The topological polar surface area (TPSA) is 47.3 Å². The molecule has 1 aliphatic heterocycles. The lowest BCUT2D eigenvalue weighted by molar-refractivity contribution is 0.591. The molecule has 1 unspecified atom stereocenters. The number of benzene rings is 8. The average molecular weight is 736 g/mol. The molecule has 0 radical (unpaired) electrons. The molecule has 0 bridgehead atoms. The van der Waals surface area contributed by atoms with E-state index in [1.807, 2.05) is 41.5 Å². The first kappa shape index (κ1) is 32.6. The lowest BCUT2D eigenvalue weighted by atomic mass is 9.85. The smallest absolute Gasteiger partial charge is 0.182 e. The van der Waals surface area contributed by atoms with Gasteiger partial charge in [0.2, 0.25) is 0 Å². The van der Waals surface area contributed by atoms with Crippen LogP contribution >= 0.6 is 7.14 Å². The normalized spacial score (nSPS) is 14.7. The van der Waals surface area contributed by atoms with E-state index in [4.69, 9.17) is 10.1 Å². The monoisotopic (exact) mass is 735 g/mol. The summed E-state index contributed by atoms with van der Waals surface area (Å²) in [6, 6.07) is 63.6. The largest absolute Gasteiger partial charge is 0.314 e. The molecule has 3 heterocycles. The summed E-state index contributed by atoms with van der Waals surface area (Å²) in [5.41, 5.74) is 12.7. The van der Waals surface area contributed by atoms with Gasteiger partial charge in [-0.25, -0.2) is 9.50 Å². The van der Waals surface area contributed by atoms with Gasteiger partial charge in [0, 0.05) is 33.5 Å². The molecule has 0 fully saturated rings. The second kappa shape index (κ2) is 12.6. The highest BCUT2D eigenvalue weighted by atomic mass is 31.2. The van der Waals surface area contributed by atoms with E-state index in [0.29, 0.717) is 5.82 Å². The van der Waals surface area contributed by atoms with Gasteiger partial charge in [0.15, 0.2) is 11.5 Å². The van der Waals surface area contributed by atoms with Crippen LogP contribution in [0.2, 0.25) is 0 Å². The van der Waals surface area contributed by atoms with Crippen molar-refractivity contribution in [2.75, 3.05) is 6.66 Å². The Morgan fingerprint density at radius 2 is 0.982 bits per heavy atom. The summed E-state index contributed by atoms with van der Waals surface area (Å²) in [6.45, 7) is 1.93. The molecule has 0 aliphatic carbocycles. The van der Waals surface area contributed by atoms with Gasteiger partial charge in [0.05, 0.1) is 0 Å². The van der Waals surface area contributed by atoms with Crippen LogP contribution in [0.3, 0.4) is 0 Å². The molecule has 0 amide bonds. The SMILES string of the molecule is CP1(=O)c2ccccc2-c2cccc(-c3c4ccccc4c(-c4ccc(-c5nc6c(-c7ccccc7)cc(-c7ccccc7)cn6n5)cc4)c4ccccc34)c21. The van der Waals surface area contributed by atoms with Gasteiger partial charge in [0.1, 0.15) is 7.14 Å². The molecule has 0 spiro atoms. The molecule has 264 valence electrons. The van der Waals surface area contributed by atoms with E-state index >= 15 is 0 Å². The molecule has 5 heteroatoms. The Morgan fingerprint density at radius 3 is 1.66 bits per heavy atom. The zero-order valence-corrected chi connectivity index (χ0v) is 31.5. The van der Waals surface area contributed by atoms with E-state index in [-0.39, 0.29) is 0 Å². The molecule has 0 N–H and O–H groups in total. The Morgan fingerprint density at radius 1 is 0.446 bits per heavy atom. The minimum absolute atomic E-state index is 0.673. The highest BCUT2D eigenvalue weighted by Crippen LogP contribution is 2.54. The summed E-state index contributed by atoms with van der Waals surface area (Å²) in [5, 5.41) is 11.5. The molecule has 11 rings (SSSR count). The van der Waals surface area contributed by atoms with Gasteiger partial charge in [-0.15, -0.1) is 5.10 Å². The van der Waals surface area contributed by atoms with Crippen molar-refractivity contribution in [2.45, 2.75) is 0 Å². The zero-order chi connectivity index (χ0) is 37.4. The maximum absolute atomic E-state index is 14.8. The predicted molar refractivity (Wildman–Crippen MR) is 233 cm³/mol. The van der Waals surface area contributed by atoms with Crippen molar-refractivity contribution in [2.24, 2.45) is 0 Å². The molecular weight excluding hydrogens is 702 g/mol. The number of rotatable bonds is 5. The van der Waals surface area contributed by atoms with Crippen molar-refractivity contribution in [1.29, 1.82) is 0 Å². The van der Waals surface area contributed by atoms with E-state index < -0.39 is 7.14 Å². The van der Waals surface area contributed by atoms with Crippen LogP contribution in [0.25, 0.3) is 94.2 Å². The molecule has 1 aliphatic rings. The maximum atomic E-state index is 14.8. The Bertz CT molecular complexity index is 3170. The molecule has 0 saturated heterocycles. The fourth-order valence-corrected chi connectivity index (χ4v) is 11.4. The van der Waals surface area contributed by atoms with E-state index in [1.165, 1.54) is 5.56 Å². The number of aromatic nitrogens is 3. The van der Waals surface area contributed by atoms with Crippen LogP contribution in [-0.4, -0.2) is 21.3 Å². The van der Waals surface area contributed by atoms with Crippen LogP contribution in [0, 0.1) is 0 Å². The fraction of sp³-hybridized carbons (Fsp3) is 0.0196. The van der Waals surface area contributed by atoms with Crippen molar-refractivity contribution in [3.63, 3.8) is 0 Å². The second-order valence-electron chi connectivity index (χ2n) is 14.6. The van der Waals surface area contributed by atoms with Crippen molar-refractivity contribution >= 4 is 44.9 Å². The standard InChI is InChI=1S/C51H34N3OP/c1-56(55)46-26-13-12-19-38(46)43-24-14-25-44(49(43)56)48-41-22-10-8-20-39(41)47(40-21-9-11-23-42(40)48)35-27-29-36(30-28-35)50-52-51-45(34-17-6-3-7-18-34)31-37(32-54(51)53-50)33-15-4-2-5-16-33/h2-32H,1H3. The van der Waals surface area contributed by atoms with E-state index in [1.54, 1.807) is 0 Å². The Kier molecular flexibility index (Phi) is 7.32. The van der Waals surface area contributed by atoms with Gasteiger partial charge in [-0.05, 0) is 78.8 Å². The molecule has 0 saturated carbocycles. The minimum atomic E-state index is -2.85. The van der Waals surface area contributed by atoms with Crippen LogP contribution in [0.5, 0.6) is 0 Å². The van der Waals surface area contributed by atoms with Crippen molar-refractivity contribution in [3.8, 4) is 67.0 Å². The van der Waals surface area contributed by atoms with Crippen molar-refractivity contribution in [1.82, 2.24) is 14.6 Å². The van der Waals surface area contributed by atoms with Gasteiger partial charge < -0.3 is 4.57 Å². The Hall–Kier alpha value is -6.87. The number of nitrogens with zero attached hydrogens (tertiary/aromatic N) is 3. The van der Waals surface area contributed by atoms with Gasteiger partial charge in [-0.3, -0.25) is 0 Å². The maximum Gasteiger partial charge on any atom is 0.182 e. The Labute approximate surface area is 324 Å². The summed E-state index contributed by atoms with van der Waals surface area (Å²) >= 11 is 0. The average Bonchev–Trinajstić information content (AvgIpc) is 3.80. The first-order valence-electron chi connectivity index (χ1n) is 18.9. The molecule has 10 aromatic rings. The molecule has 4 nitrogen and oxygen atoms in total. The van der Waals surface area contributed by atoms with Gasteiger partial charge in [-0.2, -0.15) is 0 Å². The minimum Gasteiger partial charge on any atom is -0.314 e. The summed E-state index contributed by atoms with van der Waals surface area (Å²) in [4.78, 5) is 5.13. The zero-order valence-electron chi connectivity index (χ0n) is 30.6. The predicted octanol–water partition coefficient (Wildman–Crippen LogP) is 12.3. The molecule has 2 aromatic heterocycles. The van der Waals surface area contributed by atoms with Gasteiger partial charge in [0.25, 0.3) is 0 Å². The third kappa shape index (κ3) is 4.96. The van der Waals surface area contributed by atoms with Crippen LogP contribution < -0.4 is 10.6 Å². The second-order valence-corrected chi connectivity index (χ2v) is 17.4. The van der Waals surface area contributed by atoms with E-state index in [2.05, 4.69) is 158 Å². The number of hydrogen-bond acceptors (Lipinski definition) is 3. The quantitative estimate of drug-likeness (QED) is 0.131. The summed E-state index contributed by atoms with van der Waals surface area (Å²) in [7, 11) is -2.85. The third-order valence-corrected chi connectivity index (χ3v) is 14.0. The first-order chi connectivity index (χ1) is 27.5. The van der Waals surface area contributed by atoms with Crippen LogP contribution in [0.1, 0.15) is 0 Å². The summed E-state index contributed by atoms with van der Waals surface area (Å²) < 4.78 is 16.7. The summed E-state index contributed by atoms with van der Waals surface area (Å²) in [6.07, 6.45) is 2.07. The lowest BCUT2D eigenvalue weighted by Gasteiger charge is -2.20. The molecule has 1 atom stereocenters. The highest BCUT2D eigenvalue weighted by molar-refractivity contribution is 7.79. The van der Waals surface area contributed by atoms with E-state index in [9.17, 15) is 4.57 Å². The van der Waals surface area contributed by atoms with Crippen molar-refractivity contribution < 1.29 is 4.57 Å². The molecule has 56 heavy (non-hydrogen) atoms. The van der Waals surface area contributed by atoms with Crippen molar-refractivity contribution in [3.05, 3.63) is 188 Å². The fourth-order valence-electron chi connectivity index (χ4n) is 8.86. The van der Waals surface area contributed by atoms with Crippen LogP contribution in [0.15, 0.2) is 188 Å². The number of fused-ring (bicyclic) bond motifs is 6. The number of pyridine rings is 1. The lowest BCUT2D eigenvalue weighted by Crippen LogP contribution is -2.11. The number of hydrogen-bond donors (Lipinski definition) is 0. The summed E-state index contributed by atoms with van der Waals surface area (Å²) in [5.74, 6) is 0.673. The Balaban J connectivity index is 1.07. The van der Waals surface area contributed by atoms with Gasteiger partial charge in [-0.1, -0.05) is 176 Å². The van der Waals surface area contributed by atoms with E-state index in [0.717, 1.165) is 93.4 Å². The molecular formula is C51H34N3OP. The van der Waals surface area contributed by atoms with Crippen LogP contribution in [-0.2, 0) is 4.57 Å². The van der Waals surface area contributed by atoms with Gasteiger partial charge >= 0.3 is 0 Å². The highest BCUT2D eigenvalue weighted by Gasteiger charge is 2.37. The first-order valence-corrected chi connectivity index (χ1v) is 21.1. The molecule has 8 aromatic carbocycles.